The van der Waals surface area contributed by atoms with Crippen molar-refractivity contribution in [3.05, 3.63) is 86.4 Å². The van der Waals surface area contributed by atoms with Crippen molar-refractivity contribution in [1.82, 2.24) is 9.97 Å². The monoisotopic (exact) mass is 593 g/mol. The Kier molecular flexibility index (Phi) is 7.26. The van der Waals surface area contributed by atoms with Crippen molar-refractivity contribution in [3.63, 3.8) is 0 Å². The number of benzene rings is 3. The molecular formula is C31H29Cl2N3O5. The maximum Gasteiger partial charge on any atom is 0.302 e. The highest BCUT2D eigenvalue weighted by atomic mass is 35.5. The van der Waals surface area contributed by atoms with E-state index in [0.29, 0.717) is 16.6 Å². The maximum atomic E-state index is 13.7. The lowest BCUT2D eigenvalue weighted by atomic mass is 9.85. The van der Waals surface area contributed by atoms with E-state index in [2.05, 4.69) is 30.7 Å². The number of halogens is 2. The number of hydrogen-bond donors (Lipinski definition) is 2. The Morgan fingerprint density at radius 1 is 1.00 bits per heavy atom. The molecule has 212 valence electrons. The predicted octanol–water partition coefficient (Wildman–Crippen LogP) is 7.12. The molecule has 1 unspecified atom stereocenters. The molecule has 2 N–H and O–H groups in total. The zero-order chi connectivity index (χ0) is 29.8. The van der Waals surface area contributed by atoms with Crippen LogP contribution in [0.3, 0.4) is 0 Å². The number of methoxy groups -OCH3 is 2. The first-order valence-electron chi connectivity index (χ1n) is 12.9. The Morgan fingerprint density at radius 3 is 2.27 bits per heavy atom. The number of carbonyl (C=O) groups is 2. The summed E-state index contributed by atoms with van der Waals surface area (Å²) in [6, 6.07) is 13.6. The molecule has 0 spiro atoms. The van der Waals surface area contributed by atoms with E-state index in [1.807, 2.05) is 49.4 Å². The Hall–Kier alpha value is -4.01. The van der Waals surface area contributed by atoms with Gasteiger partial charge in [0.05, 0.1) is 47.5 Å². The highest BCUT2D eigenvalue weighted by Crippen LogP contribution is 2.48. The van der Waals surface area contributed by atoms with Gasteiger partial charge in [0.15, 0.2) is 11.5 Å². The van der Waals surface area contributed by atoms with Gasteiger partial charge >= 0.3 is 5.91 Å². The SMILES string of the molecule is COc1c(Cl)cc(/C(O)=C2\C(=O)C(=O)N(c3nc4ccc(C)cc4[nH]3)C2c2ccc(C(C)(C)C)cc2)c(OC)c1Cl. The molecule has 4 aromatic rings. The summed E-state index contributed by atoms with van der Waals surface area (Å²) >= 11 is 12.9. The molecule has 41 heavy (non-hydrogen) atoms. The van der Waals surface area contributed by atoms with Gasteiger partial charge in [0.2, 0.25) is 5.95 Å². The van der Waals surface area contributed by atoms with Crippen LogP contribution >= 0.6 is 23.2 Å². The van der Waals surface area contributed by atoms with Crippen LogP contribution in [-0.4, -0.2) is 41.0 Å². The fourth-order valence-electron chi connectivity index (χ4n) is 5.05. The minimum absolute atomic E-state index is 0.0111. The molecule has 1 fully saturated rings. The van der Waals surface area contributed by atoms with Gasteiger partial charge in [-0.2, -0.15) is 0 Å². The molecule has 0 aliphatic carbocycles. The molecule has 1 aliphatic rings. The largest absolute Gasteiger partial charge is 0.507 e. The average molecular weight is 594 g/mol. The van der Waals surface area contributed by atoms with Crippen molar-refractivity contribution in [2.45, 2.75) is 39.2 Å². The number of aryl methyl sites for hydroxylation is 1. The number of aliphatic hydroxyl groups excluding tert-OH is 1. The van der Waals surface area contributed by atoms with E-state index in [4.69, 9.17) is 32.7 Å². The summed E-state index contributed by atoms with van der Waals surface area (Å²) in [5.74, 6) is -1.88. The third-order valence-electron chi connectivity index (χ3n) is 7.18. The van der Waals surface area contributed by atoms with Gasteiger partial charge in [0.25, 0.3) is 5.78 Å². The molecule has 1 aliphatic heterocycles. The molecule has 1 atom stereocenters. The van der Waals surface area contributed by atoms with Crippen LogP contribution in [0, 0.1) is 6.92 Å². The lowest BCUT2D eigenvalue weighted by Crippen LogP contribution is -2.30. The van der Waals surface area contributed by atoms with Crippen molar-refractivity contribution in [1.29, 1.82) is 0 Å². The van der Waals surface area contributed by atoms with E-state index in [-0.39, 0.29) is 44.0 Å². The van der Waals surface area contributed by atoms with E-state index >= 15 is 0 Å². The van der Waals surface area contributed by atoms with Gasteiger partial charge in [0, 0.05) is 0 Å². The number of rotatable bonds is 5. The Labute approximate surface area is 247 Å². The number of hydrogen-bond acceptors (Lipinski definition) is 6. The number of aliphatic hydroxyl groups is 1. The maximum absolute atomic E-state index is 13.7. The van der Waals surface area contributed by atoms with Gasteiger partial charge in [-0.25, -0.2) is 4.98 Å². The number of H-pyrrole nitrogens is 1. The number of amides is 1. The Balaban J connectivity index is 1.77. The summed E-state index contributed by atoms with van der Waals surface area (Å²) in [6.07, 6.45) is 0. The zero-order valence-electron chi connectivity index (χ0n) is 23.4. The molecule has 8 nitrogen and oxygen atoms in total. The smallest absolute Gasteiger partial charge is 0.302 e. The Bertz CT molecular complexity index is 1740. The van der Waals surface area contributed by atoms with Crippen LogP contribution in [0.4, 0.5) is 5.95 Å². The normalized spacial score (nSPS) is 17.0. The number of fused-ring (bicyclic) bond motifs is 1. The molecule has 1 amide bonds. The summed E-state index contributed by atoms with van der Waals surface area (Å²) in [6.45, 7) is 8.22. The highest BCUT2D eigenvalue weighted by molar-refractivity contribution is 6.51. The zero-order valence-corrected chi connectivity index (χ0v) is 24.9. The van der Waals surface area contributed by atoms with Crippen molar-refractivity contribution in [2.24, 2.45) is 0 Å². The van der Waals surface area contributed by atoms with Crippen molar-refractivity contribution in [3.8, 4) is 11.5 Å². The van der Waals surface area contributed by atoms with Gasteiger partial charge in [0.1, 0.15) is 10.8 Å². The first kappa shape index (κ1) is 28.5. The van der Waals surface area contributed by atoms with E-state index in [0.717, 1.165) is 11.1 Å². The lowest BCUT2D eigenvalue weighted by molar-refractivity contribution is -0.132. The molecule has 0 bridgehead atoms. The average Bonchev–Trinajstić information content (AvgIpc) is 3.45. The van der Waals surface area contributed by atoms with Gasteiger partial charge < -0.3 is 19.6 Å². The topological polar surface area (TPSA) is 105 Å². The third kappa shape index (κ3) is 4.81. The second-order valence-corrected chi connectivity index (χ2v) is 11.7. The molecule has 1 saturated heterocycles. The lowest BCUT2D eigenvalue weighted by Gasteiger charge is -2.25. The van der Waals surface area contributed by atoms with Gasteiger partial charge in [-0.1, -0.05) is 74.3 Å². The number of Topliss-reactive ketones (excluding diaryl/α,β-unsaturated/α-hetero) is 1. The molecule has 2 heterocycles. The molecule has 3 aromatic carbocycles. The quantitative estimate of drug-likeness (QED) is 0.145. The van der Waals surface area contributed by atoms with E-state index in [9.17, 15) is 14.7 Å². The molecular weight excluding hydrogens is 565 g/mol. The van der Waals surface area contributed by atoms with Crippen molar-refractivity contribution < 1.29 is 24.2 Å². The third-order valence-corrected chi connectivity index (χ3v) is 7.81. The number of anilines is 1. The van der Waals surface area contributed by atoms with Crippen LogP contribution in [0.1, 0.15) is 49.1 Å². The van der Waals surface area contributed by atoms with Crippen LogP contribution in [0.2, 0.25) is 10.0 Å². The first-order chi connectivity index (χ1) is 19.4. The standard InChI is InChI=1S/C31H29Cl2N3O5/c1-15-7-12-20-21(13-15)35-30(34-20)36-24(16-8-10-17(11-9-16)31(2,3)4)22(26(38)29(36)39)25(37)18-14-19(32)28(41-6)23(33)27(18)40-5/h7-14,24,37H,1-6H3,(H,34,35)/b25-22+. The number of carbonyl (C=O) groups excluding carboxylic acids is 2. The number of ketones is 1. The van der Waals surface area contributed by atoms with E-state index in [1.54, 1.807) is 0 Å². The molecule has 0 saturated carbocycles. The van der Waals surface area contributed by atoms with Crippen LogP contribution in [-0.2, 0) is 15.0 Å². The number of nitrogens with one attached hydrogen (secondary N) is 1. The van der Waals surface area contributed by atoms with Gasteiger partial charge in [-0.3, -0.25) is 14.5 Å². The summed E-state index contributed by atoms with van der Waals surface area (Å²) in [7, 11) is 2.76. The summed E-state index contributed by atoms with van der Waals surface area (Å²) < 4.78 is 10.8. The summed E-state index contributed by atoms with van der Waals surface area (Å²) in [4.78, 5) is 36.4. The van der Waals surface area contributed by atoms with Crippen molar-refractivity contribution in [2.75, 3.05) is 19.1 Å². The molecule has 1 aromatic heterocycles. The number of nitrogens with zero attached hydrogens (tertiary/aromatic N) is 2. The van der Waals surface area contributed by atoms with E-state index < -0.39 is 23.5 Å². The molecule has 10 heteroatoms. The second kappa shape index (κ2) is 10.4. The fourth-order valence-corrected chi connectivity index (χ4v) is 5.73. The predicted molar refractivity (Wildman–Crippen MR) is 160 cm³/mol. The minimum atomic E-state index is -1.02. The first-order valence-corrected chi connectivity index (χ1v) is 13.6. The van der Waals surface area contributed by atoms with Crippen molar-refractivity contribution >= 4 is 57.6 Å². The van der Waals surface area contributed by atoms with Gasteiger partial charge in [-0.05, 0) is 47.2 Å². The van der Waals surface area contributed by atoms with Crippen LogP contribution in [0.15, 0.2) is 54.1 Å². The minimum Gasteiger partial charge on any atom is -0.507 e. The number of imidazole rings is 1. The fraction of sp³-hybridized carbons (Fsp3) is 0.258. The Morgan fingerprint density at radius 2 is 1.66 bits per heavy atom. The summed E-state index contributed by atoms with van der Waals surface area (Å²) in [5, 5.41) is 11.8. The van der Waals surface area contributed by atoms with Crippen LogP contribution < -0.4 is 14.4 Å². The van der Waals surface area contributed by atoms with Crippen LogP contribution in [0.25, 0.3) is 16.8 Å². The second-order valence-electron chi connectivity index (χ2n) is 10.9. The number of aromatic amines is 1. The molecule has 0 radical (unpaired) electrons. The molecule has 5 rings (SSSR count). The van der Waals surface area contributed by atoms with Crippen LogP contribution in [0.5, 0.6) is 11.5 Å². The summed E-state index contributed by atoms with van der Waals surface area (Å²) in [5.41, 5.74) is 3.76. The van der Waals surface area contributed by atoms with Gasteiger partial charge in [-0.15, -0.1) is 0 Å². The number of ether oxygens (including phenoxy) is 2. The number of aromatic nitrogens is 2. The van der Waals surface area contributed by atoms with E-state index in [1.165, 1.54) is 25.2 Å². The highest BCUT2D eigenvalue weighted by Gasteiger charge is 2.48.